The first-order valence-corrected chi connectivity index (χ1v) is 12.3. The van der Waals surface area contributed by atoms with Gasteiger partial charge in [-0.15, -0.1) is 0 Å². The Kier molecular flexibility index (Phi) is 5.02. The van der Waals surface area contributed by atoms with Gasteiger partial charge in [-0.05, 0) is 48.9 Å². The van der Waals surface area contributed by atoms with E-state index in [0.717, 1.165) is 25.0 Å². The zero-order chi connectivity index (χ0) is 22.5. The van der Waals surface area contributed by atoms with Crippen LogP contribution in [0.1, 0.15) is 66.1 Å². The highest BCUT2D eigenvalue weighted by atomic mass is 16.5. The van der Waals surface area contributed by atoms with Gasteiger partial charge in [-0.1, -0.05) is 43.5 Å². The van der Waals surface area contributed by atoms with Crippen molar-refractivity contribution in [2.75, 3.05) is 7.11 Å². The van der Waals surface area contributed by atoms with E-state index in [1.807, 2.05) is 12.1 Å². The van der Waals surface area contributed by atoms with E-state index in [1.165, 1.54) is 78.0 Å². The number of ether oxygens (including phenoxy) is 1. The lowest BCUT2D eigenvalue weighted by molar-refractivity contribution is 0.0601. The summed E-state index contributed by atoms with van der Waals surface area (Å²) in [4.78, 5) is 12.4. The van der Waals surface area contributed by atoms with E-state index in [9.17, 15) is 4.79 Å². The molecule has 5 heteroatoms. The zero-order valence-corrected chi connectivity index (χ0v) is 19.3. The molecule has 1 aliphatic heterocycles. The molecule has 0 unspecified atom stereocenters. The molecule has 4 aromatic rings. The summed E-state index contributed by atoms with van der Waals surface area (Å²) in [6.45, 7) is 2.41. The molecule has 170 valence electrons. The van der Waals surface area contributed by atoms with Crippen molar-refractivity contribution in [1.29, 1.82) is 0 Å². The number of fused-ring (bicyclic) bond motifs is 4. The van der Waals surface area contributed by atoms with Gasteiger partial charge in [0, 0.05) is 47.2 Å². The van der Waals surface area contributed by atoms with Crippen LogP contribution in [-0.2, 0) is 24.4 Å². The van der Waals surface area contributed by atoms with E-state index in [0.29, 0.717) is 18.0 Å². The number of nitrogens with two attached hydrogens (primary N) is 1. The van der Waals surface area contributed by atoms with Gasteiger partial charge in [-0.2, -0.15) is 0 Å². The molecule has 2 aliphatic rings. The average Bonchev–Trinajstić information content (AvgIpc) is 3.37. The Balaban J connectivity index is 1.71. The van der Waals surface area contributed by atoms with Gasteiger partial charge in [0.25, 0.3) is 0 Å². The number of methoxy groups -OCH3 is 1. The molecule has 1 aliphatic carbocycles. The van der Waals surface area contributed by atoms with E-state index >= 15 is 0 Å². The maximum Gasteiger partial charge on any atom is 0.337 e. The predicted octanol–water partition coefficient (Wildman–Crippen LogP) is 5.96. The highest BCUT2D eigenvalue weighted by Crippen LogP contribution is 2.46. The summed E-state index contributed by atoms with van der Waals surface area (Å²) >= 11 is 0. The van der Waals surface area contributed by atoms with Crippen molar-refractivity contribution in [3.63, 3.8) is 0 Å². The monoisotopic (exact) mass is 441 g/mol. The molecule has 1 saturated carbocycles. The second-order valence-corrected chi connectivity index (χ2v) is 9.56. The third-order valence-electron chi connectivity index (χ3n) is 7.77. The number of para-hydroxylation sites is 1. The number of hydrogen-bond donors (Lipinski definition) is 1. The Bertz CT molecular complexity index is 1370. The van der Waals surface area contributed by atoms with Crippen molar-refractivity contribution < 1.29 is 9.53 Å². The lowest BCUT2D eigenvalue weighted by Gasteiger charge is -2.25. The molecular formula is C28H31N3O2. The van der Waals surface area contributed by atoms with E-state index in [4.69, 9.17) is 10.5 Å². The number of nitrogens with zero attached hydrogens (tertiary/aromatic N) is 2. The minimum absolute atomic E-state index is 0.277. The molecule has 2 aromatic heterocycles. The fourth-order valence-electron chi connectivity index (χ4n) is 6.33. The van der Waals surface area contributed by atoms with Gasteiger partial charge < -0.3 is 19.6 Å². The van der Waals surface area contributed by atoms with Gasteiger partial charge in [0.05, 0.1) is 23.9 Å². The van der Waals surface area contributed by atoms with Gasteiger partial charge in [0.1, 0.15) is 0 Å². The molecule has 2 N–H and O–H groups in total. The minimum atomic E-state index is -0.277. The Morgan fingerprint density at radius 2 is 1.85 bits per heavy atom. The first-order valence-electron chi connectivity index (χ1n) is 12.3. The van der Waals surface area contributed by atoms with Crippen molar-refractivity contribution in [2.24, 2.45) is 5.73 Å². The first-order chi connectivity index (χ1) is 16.2. The molecule has 2 aromatic carbocycles. The molecule has 0 amide bonds. The Morgan fingerprint density at radius 3 is 2.64 bits per heavy atom. The highest BCUT2D eigenvalue weighted by Gasteiger charge is 2.29. The standard InChI is InChI=1S/C28H31N3O2/c1-33-28(32)20-11-12-22-24(16-20)31-14-6-13-30-21(17-29)15-19-9-5-10-23(26(19)30)27(31)25(22)18-7-3-2-4-8-18/h5,9-12,15-16,18H,2-4,6-8,13-14,17,29H2,1H3. The predicted molar refractivity (Wildman–Crippen MR) is 133 cm³/mol. The van der Waals surface area contributed by atoms with Crippen LogP contribution < -0.4 is 5.73 Å². The molecule has 3 heterocycles. The Morgan fingerprint density at radius 1 is 1.03 bits per heavy atom. The molecule has 0 spiro atoms. The molecule has 0 radical (unpaired) electrons. The van der Waals surface area contributed by atoms with Crippen molar-refractivity contribution >= 4 is 27.8 Å². The normalized spacial score (nSPS) is 16.5. The van der Waals surface area contributed by atoms with Gasteiger partial charge in [0.15, 0.2) is 0 Å². The number of carbonyl (C=O) groups is 1. The number of rotatable bonds is 3. The fourth-order valence-corrected chi connectivity index (χ4v) is 6.33. The SMILES string of the molecule is COC(=O)c1ccc2c(C3CCCCC3)c3n(c2c1)CCCn1c(CN)cc2cccc-3c21. The van der Waals surface area contributed by atoms with Crippen molar-refractivity contribution in [3.8, 4) is 11.3 Å². The topological polar surface area (TPSA) is 62.2 Å². The van der Waals surface area contributed by atoms with E-state index in [-0.39, 0.29) is 5.97 Å². The van der Waals surface area contributed by atoms with Crippen LogP contribution in [0, 0.1) is 0 Å². The van der Waals surface area contributed by atoms with Gasteiger partial charge in [0.2, 0.25) is 0 Å². The number of benzene rings is 2. The second kappa shape index (κ2) is 8.07. The molecule has 5 nitrogen and oxygen atoms in total. The third-order valence-corrected chi connectivity index (χ3v) is 7.77. The third kappa shape index (κ3) is 3.13. The van der Waals surface area contributed by atoms with Gasteiger partial charge >= 0.3 is 5.97 Å². The van der Waals surface area contributed by atoms with Crippen LogP contribution in [0.3, 0.4) is 0 Å². The number of aromatic nitrogens is 2. The molecule has 0 saturated heterocycles. The lowest BCUT2D eigenvalue weighted by Crippen LogP contribution is -2.14. The summed E-state index contributed by atoms with van der Waals surface area (Å²) in [6.07, 6.45) is 7.39. The van der Waals surface area contributed by atoms with Crippen LogP contribution >= 0.6 is 0 Å². The number of aryl methyl sites for hydroxylation is 2. The van der Waals surface area contributed by atoms with Crippen LogP contribution in [0.25, 0.3) is 33.1 Å². The van der Waals surface area contributed by atoms with Crippen LogP contribution in [0.4, 0.5) is 0 Å². The van der Waals surface area contributed by atoms with E-state index < -0.39 is 0 Å². The van der Waals surface area contributed by atoms with Crippen molar-refractivity contribution in [1.82, 2.24) is 9.13 Å². The second-order valence-electron chi connectivity index (χ2n) is 9.56. The highest BCUT2D eigenvalue weighted by molar-refractivity contribution is 6.03. The first kappa shape index (κ1) is 20.5. The van der Waals surface area contributed by atoms with E-state index in [1.54, 1.807) is 0 Å². The van der Waals surface area contributed by atoms with Crippen LogP contribution in [0.15, 0.2) is 42.5 Å². The summed E-state index contributed by atoms with van der Waals surface area (Å²) in [5.41, 5.74) is 14.5. The maximum absolute atomic E-state index is 12.4. The number of carbonyl (C=O) groups excluding carboxylic acids is 1. The smallest absolute Gasteiger partial charge is 0.337 e. The number of hydrogen-bond acceptors (Lipinski definition) is 3. The maximum atomic E-state index is 12.4. The summed E-state index contributed by atoms with van der Waals surface area (Å²) in [7, 11) is 1.45. The Labute approximate surface area is 194 Å². The summed E-state index contributed by atoms with van der Waals surface area (Å²) < 4.78 is 9.97. The fraction of sp³-hybridized carbons (Fsp3) is 0.393. The van der Waals surface area contributed by atoms with E-state index in [2.05, 4.69) is 39.5 Å². The van der Waals surface area contributed by atoms with Gasteiger partial charge in [-0.3, -0.25) is 0 Å². The quantitative estimate of drug-likeness (QED) is 0.399. The van der Waals surface area contributed by atoms with Crippen LogP contribution in [0.5, 0.6) is 0 Å². The minimum Gasteiger partial charge on any atom is -0.465 e. The molecule has 6 rings (SSSR count). The molecular weight excluding hydrogens is 410 g/mol. The summed E-state index contributed by atoms with van der Waals surface area (Å²) in [5, 5.41) is 2.55. The van der Waals surface area contributed by atoms with Crippen LogP contribution in [-0.4, -0.2) is 22.2 Å². The zero-order valence-electron chi connectivity index (χ0n) is 19.3. The molecule has 0 bridgehead atoms. The van der Waals surface area contributed by atoms with Crippen LogP contribution in [0.2, 0.25) is 0 Å². The summed E-state index contributed by atoms with van der Waals surface area (Å²) in [6, 6.07) is 15.1. The van der Waals surface area contributed by atoms with Gasteiger partial charge in [-0.25, -0.2) is 4.79 Å². The number of esters is 1. The summed E-state index contributed by atoms with van der Waals surface area (Å²) in [5.74, 6) is 0.273. The molecule has 1 fully saturated rings. The van der Waals surface area contributed by atoms with Crippen molar-refractivity contribution in [3.05, 3.63) is 59.3 Å². The molecule has 0 atom stereocenters. The molecule has 33 heavy (non-hydrogen) atoms. The largest absolute Gasteiger partial charge is 0.465 e. The van der Waals surface area contributed by atoms with Crippen molar-refractivity contribution in [2.45, 2.75) is 64.1 Å². The lowest BCUT2D eigenvalue weighted by atomic mass is 9.81. The average molecular weight is 442 g/mol. The Hall–Kier alpha value is -3.05.